The molecule has 2 heteroatoms. The van der Waals surface area contributed by atoms with E-state index in [0.29, 0.717) is 0 Å². The van der Waals surface area contributed by atoms with Crippen LogP contribution in [0.25, 0.3) is 0 Å². The lowest BCUT2D eigenvalue weighted by Gasteiger charge is -2.36. The maximum Gasteiger partial charge on any atom is 0.136 e. The van der Waals surface area contributed by atoms with E-state index in [-0.39, 0.29) is 5.72 Å². The molecule has 0 fully saturated rings. The van der Waals surface area contributed by atoms with E-state index in [1.807, 2.05) is 6.07 Å². The molecule has 1 N–H and O–H groups in total. The Balaban J connectivity index is 2.20. The predicted octanol–water partition coefficient (Wildman–Crippen LogP) is 3.15. The number of hydrogen-bond donors (Lipinski definition) is 1. The van der Waals surface area contributed by atoms with Crippen LogP contribution >= 0.6 is 0 Å². The molecule has 1 aromatic rings. The van der Waals surface area contributed by atoms with Crippen molar-refractivity contribution in [2.45, 2.75) is 39.0 Å². The van der Waals surface area contributed by atoms with Crippen molar-refractivity contribution in [1.29, 1.82) is 0 Å². The van der Waals surface area contributed by atoms with Crippen LogP contribution in [0.1, 0.15) is 32.3 Å². The van der Waals surface area contributed by atoms with Crippen molar-refractivity contribution in [1.82, 2.24) is 0 Å². The molecule has 0 spiro atoms. The molecule has 2 rings (SSSR count). The molecule has 0 amide bonds. The molecule has 0 bridgehead atoms. The van der Waals surface area contributed by atoms with Gasteiger partial charge in [0, 0.05) is 11.3 Å². The molecule has 1 atom stereocenters. The van der Waals surface area contributed by atoms with Gasteiger partial charge in [-0.1, -0.05) is 31.5 Å². The average molecular weight is 191 g/mol. The molecule has 2 nitrogen and oxygen atoms in total. The molecule has 14 heavy (non-hydrogen) atoms. The average Bonchev–Trinajstić information content (AvgIpc) is 2.17. The summed E-state index contributed by atoms with van der Waals surface area (Å²) in [5.41, 5.74) is 2.29. The van der Waals surface area contributed by atoms with Gasteiger partial charge in [0.1, 0.15) is 5.72 Å². The number of ether oxygens (including phenoxy) is 1. The fourth-order valence-corrected chi connectivity index (χ4v) is 1.94. The number of nitrogens with one attached hydrogen (secondary N) is 1. The molecule has 76 valence electrons. The standard InChI is InChI=1S/C12H17NO/c1-3-8-12(2)13-11-7-5-4-6-10(11)9-14-12/h4-7,13H,3,8-9H2,1-2H3. The Morgan fingerprint density at radius 1 is 1.43 bits per heavy atom. The zero-order chi connectivity index (χ0) is 10.0. The minimum Gasteiger partial charge on any atom is -0.358 e. The second-order valence-electron chi connectivity index (χ2n) is 4.05. The highest BCUT2D eigenvalue weighted by Gasteiger charge is 2.28. The molecule has 1 unspecified atom stereocenters. The molecular formula is C12H17NO. The quantitative estimate of drug-likeness (QED) is 0.775. The van der Waals surface area contributed by atoms with E-state index in [1.54, 1.807) is 0 Å². The summed E-state index contributed by atoms with van der Waals surface area (Å²) in [4.78, 5) is 0. The van der Waals surface area contributed by atoms with Crippen LogP contribution in [0.5, 0.6) is 0 Å². The summed E-state index contributed by atoms with van der Waals surface area (Å²) in [6.07, 6.45) is 2.17. The van der Waals surface area contributed by atoms with E-state index in [2.05, 4.69) is 37.4 Å². The normalized spacial score (nSPS) is 25.3. The molecule has 1 aliphatic rings. The summed E-state index contributed by atoms with van der Waals surface area (Å²) >= 11 is 0. The molecule has 0 aromatic heterocycles. The van der Waals surface area contributed by atoms with Crippen LogP contribution in [-0.4, -0.2) is 5.72 Å². The van der Waals surface area contributed by atoms with Gasteiger partial charge in [-0.15, -0.1) is 0 Å². The number of hydrogen-bond acceptors (Lipinski definition) is 2. The van der Waals surface area contributed by atoms with Crippen molar-refractivity contribution in [2.24, 2.45) is 0 Å². The third kappa shape index (κ3) is 1.75. The Hall–Kier alpha value is -1.02. The third-order valence-electron chi connectivity index (χ3n) is 2.69. The van der Waals surface area contributed by atoms with Crippen LogP contribution in [0.4, 0.5) is 5.69 Å². The highest BCUT2D eigenvalue weighted by atomic mass is 16.5. The molecule has 1 aromatic carbocycles. The highest BCUT2D eigenvalue weighted by Crippen LogP contribution is 2.30. The van der Waals surface area contributed by atoms with Crippen molar-refractivity contribution in [3.05, 3.63) is 29.8 Å². The molecule has 0 saturated heterocycles. The first-order valence-corrected chi connectivity index (χ1v) is 5.23. The first-order chi connectivity index (χ1) is 6.73. The molecule has 1 heterocycles. The first-order valence-electron chi connectivity index (χ1n) is 5.23. The summed E-state index contributed by atoms with van der Waals surface area (Å²) in [5, 5.41) is 3.45. The van der Waals surface area contributed by atoms with E-state index in [1.165, 1.54) is 11.3 Å². The Kier molecular flexibility index (Phi) is 2.46. The van der Waals surface area contributed by atoms with Crippen molar-refractivity contribution in [2.75, 3.05) is 5.32 Å². The van der Waals surface area contributed by atoms with Crippen LogP contribution in [-0.2, 0) is 11.3 Å². The van der Waals surface area contributed by atoms with Crippen molar-refractivity contribution in [3.63, 3.8) is 0 Å². The van der Waals surface area contributed by atoms with Gasteiger partial charge < -0.3 is 10.1 Å². The number of fused-ring (bicyclic) bond motifs is 1. The SMILES string of the molecule is CCCC1(C)Nc2ccccc2CO1. The Bertz CT molecular complexity index is 324. The topological polar surface area (TPSA) is 21.3 Å². The number of para-hydroxylation sites is 1. The Labute approximate surface area is 85.3 Å². The van der Waals surface area contributed by atoms with E-state index in [9.17, 15) is 0 Å². The summed E-state index contributed by atoms with van der Waals surface area (Å²) in [6.45, 7) is 5.02. The number of anilines is 1. The van der Waals surface area contributed by atoms with Gasteiger partial charge in [-0.25, -0.2) is 0 Å². The van der Waals surface area contributed by atoms with Gasteiger partial charge in [-0.2, -0.15) is 0 Å². The Morgan fingerprint density at radius 3 is 3.00 bits per heavy atom. The molecule has 0 aliphatic carbocycles. The molecule has 0 radical (unpaired) electrons. The van der Waals surface area contributed by atoms with Crippen LogP contribution in [0.3, 0.4) is 0 Å². The lowest BCUT2D eigenvalue weighted by Crippen LogP contribution is -2.40. The molecule has 0 saturated carbocycles. The second kappa shape index (κ2) is 3.62. The smallest absolute Gasteiger partial charge is 0.136 e. The van der Waals surface area contributed by atoms with Crippen molar-refractivity contribution >= 4 is 5.69 Å². The minimum atomic E-state index is -0.177. The van der Waals surface area contributed by atoms with Crippen LogP contribution < -0.4 is 5.32 Å². The van der Waals surface area contributed by atoms with E-state index >= 15 is 0 Å². The van der Waals surface area contributed by atoms with Crippen molar-refractivity contribution < 1.29 is 4.74 Å². The highest BCUT2D eigenvalue weighted by molar-refractivity contribution is 5.53. The fraction of sp³-hybridized carbons (Fsp3) is 0.500. The van der Waals surface area contributed by atoms with Gasteiger partial charge in [0.2, 0.25) is 0 Å². The van der Waals surface area contributed by atoms with Crippen LogP contribution in [0.15, 0.2) is 24.3 Å². The minimum absolute atomic E-state index is 0.177. The van der Waals surface area contributed by atoms with Gasteiger partial charge in [0.15, 0.2) is 0 Å². The van der Waals surface area contributed by atoms with E-state index < -0.39 is 0 Å². The van der Waals surface area contributed by atoms with E-state index in [0.717, 1.165) is 19.4 Å². The monoisotopic (exact) mass is 191 g/mol. The fourth-order valence-electron chi connectivity index (χ4n) is 1.94. The summed E-state index contributed by atoms with van der Waals surface area (Å²) in [5.74, 6) is 0. The first kappa shape index (κ1) is 9.53. The van der Waals surface area contributed by atoms with Gasteiger partial charge in [-0.05, 0) is 19.4 Å². The second-order valence-corrected chi connectivity index (χ2v) is 4.05. The maximum atomic E-state index is 5.82. The Morgan fingerprint density at radius 2 is 2.21 bits per heavy atom. The maximum absolute atomic E-state index is 5.82. The van der Waals surface area contributed by atoms with Crippen molar-refractivity contribution in [3.8, 4) is 0 Å². The summed E-state index contributed by atoms with van der Waals surface area (Å²) in [7, 11) is 0. The largest absolute Gasteiger partial charge is 0.358 e. The van der Waals surface area contributed by atoms with Crippen LogP contribution in [0, 0.1) is 0 Å². The van der Waals surface area contributed by atoms with E-state index in [4.69, 9.17) is 4.74 Å². The zero-order valence-electron chi connectivity index (χ0n) is 8.84. The number of rotatable bonds is 2. The third-order valence-corrected chi connectivity index (χ3v) is 2.69. The zero-order valence-corrected chi connectivity index (χ0v) is 8.84. The summed E-state index contributed by atoms with van der Waals surface area (Å²) < 4.78 is 5.82. The van der Waals surface area contributed by atoms with Gasteiger partial charge in [0.05, 0.1) is 6.61 Å². The van der Waals surface area contributed by atoms with Gasteiger partial charge in [-0.3, -0.25) is 0 Å². The number of benzene rings is 1. The molecule has 1 aliphatic heterocycles. The predicted molar refractivity (Wildman–Crippen MR) is 58.2 cm³/mol. The lowest BCUT2D eigenvalue weighted by molar-refractivity contribution is -0.0352. The van der Waals surface area contributed by atoms with Gasteiger partial charge in [0.25, 0.3) is 0 Å². The molecular weight excluding hydrogens is 174 g/mol. The van der Waals surface area contributed by atoms with Crippen LogP contribution in [0.2, 0.25) is 0 Å². The lowest BCUT2D eigenvalue weighted by atomic mass is 10.0. The summed E-state index contributed by atoms with van der Waals surface area (Å²) in [6, 6.07) is 8.33. The van der Waals surface area contributed by atoms with Gasteiger partial charge >= 0.3 is 0 Å².